The predicted molar refractivity (Wildman–Crippen MR) is 104 cm³/mol. The molecule has 2 rings (SSSR count). The van der Waals surface area contributed by atoms with Gasteiger partial charge in [0.25, 0.3) is 0 Å². The number of Topliss-reactive ketones (excluding diaryl/α,β-unsaturated/α-hetero) is 1. The van der Waals surface area contributed by atoms with Crippen LogP contribution in [0.15, 0.2) is 48.5 Å². The number of ether oxygens (including phenoxy) is 3. The fourth-order valence-electron chi connectivity index (χ4n) is 2.20. The van der Waals surface area contributed by atoms with Crippen LogP contribution < -0.4 is 14.8 Å². The fourth-order valence-corrected chi connectivity index (χ4v) is 2.20. The van der Waals surface area contributed by atoms with Gasteiger partial charge in [-0.05, 0) is 55.5 Å². The number of benzene rings is 2. The van der Waals surface area contributed by atoms with Gasteiger partial charge in [0.2, 0.25) is 5.91 Å². The molecule has 0 aliphatic heterocycles. The molecule has 1 N–H and O–H groups in total. The van der Waals surface area contributed by atoms with Crippen LogP contribution in [0, 0.1) is 0 Å². The summed E-state index contributed by atoms with van der Waals surface area (Å²) in [6.45, 7) is 3.52. The van der Waals surface area contributed by atoms with Gasteiger partial charge in [-0.25, -0.2) is 4.79 Å². The van der Waals surface area contributed by atoms with Gasteiger partial charge in [0.15, 0.2) is 19.0 Å². The first-order valence-corrected chi connectivity index (χ1v) is 8.96. The van der Waals surface area contributed by atoms with Gasteiger partial charge in [0.1, 0.15) is 11.5 Å². The third-order valence-corrected chi connectivity index (χ3v) is 3.67. The summed E-state index contributed by atoms with van der Waals surface area (Å²) in [5.74, 6) is 0.108. The van der Waals surface area contributed by atoms with E-state index >= 15 is 0 Å². The van der Waals surface area contributed by atoms with Crippen molar-refractivity contribution in [2.24, 2.45) is 0 Å². The second-order valence-electron chi connectivity index (χ2n) is 5.76. The summed E-state index contributed by atoms with van der Waals surface area (Å²) in [6, 6.07) is 13.2. The van der Waals surface area contributed by atoms with E-state index in [0.29, 0.717) is 35.8 Å². The minimum absolute atomic E-state index is 0.111. The van der Waals surface area contributed by atoms with Gasteiger partial charge in [-0.15, -0.1) is 0 Å². The molecular weight excluding hydrogens is 362 g/mol. The van der Waals surface area contributed by atoms with Crippen LogP contribution in [0.2, 0.25) is 0 Å². The average Bonchev–Trinajstić information content (AvgIpc) is 2.72. The van der Waals surface area contributed by atoms with E-state index < -0.39 is 5.97 Å². The van der Waals surface area contributed by atoms with Gasteiger partial charge < -0.3 is 19.5 Å². The molecular formula is C21H23NO6. The minimum Gasteiger partial charge on any atom is -0.494 e. The molecule has 0 fully saturated rings. The largest absolute Gasteiger partial charge is 0.494 e. The Hall–Kier alpha value is -3.35. The van der Waals surface area contributed by atoms with Gasteiger partial charge in [0, 0.05) is 17.7 Å². The number of hydrogen-bond acceptors (Lipinski definition) is 6. The molecule has 0 aromatic heterocycles. The number of rotatable bonds is 10. The number of hydrogen-bond donors (Lipinski definition) is 1. The number of esters is 1. The van der Waals surface area contributed by atoms with Gasteiger partial charge in [-0.1, -0.05) is 6.92 Å². The van der Waals surface area contributed by atoms with Crippen LogP contribution >= 0.6 is 0 Å². The van der Waals surface area contributed by atoms with E-state index in [1.54, 1.807) is 55.5 Å². The number of ketones is 1. The van der Waals surface area contributed by atoms with E-state index in [4.69, 9.17) is 14.2 Å². The number of nitrogens with one attached hydrogen (secondary N) is 1. The lowest BCUT2D eigenvalue weighted by Gasteiger charge is -2.08. The van der Waals surface area contributed by atoms with Crippen molar-refractivity contribution in [3.8, 4) is 11.5 Å². The highest BCUT2D eigenvalue weighted by Crippen LogP contribution is 2.17. The zero-order valence-electron chi connectivity index (χ0n) is 15.9. The third-order valence-electron chi connectivity index (χ3n) is 3.67. The van der Waals surface area contributed by atoms with E-state index in [2.05, 4.69) is 5.32 Å². The van der Waals surface area contributed by atoms with Crippen LogP contribution in [0.5, 0.6) is 11.5 Å². The van der Waals surface area contributed by atoms with Crippen LogP contribution in [0.4, 0.5) is 5.69 Å². The Bertz CT molecular complexity index is 799. The number of carbonyl (C=O) groups excluding carboxylic acids is 3. The van der Waals surface area contributed by atoms with Gasteiger partial charge in [-0.2, -0.15) is 0 Å². The van der Waals surface area contributed by atoms with Crippen molar-refractivity contribution >= 4 is 23.3 Å². The van der Waals surface area contributed by atoms with Crippen LogP contribution in [-0.4, -0.2) is 37.5 Å². The van der Waals surface area contributed by atoms with Crippen LogP contribution in [0.25, 0.3) is 0 Å². The molecule has 2 aromatic rings. The first-order valence-electron chi connectivity index (χ1n) is 8.96. The van der Waals surface area contributed by atoms with Crippen molar-refractivity contribution in [1.82, 2.24) is 0 Å². The zero-order chi connectivity index (χ0) is 20.4. The Morgan fingerprint density at radius 1 is 0.821 bits per heavy atom. The molecule has 0 saturated carbocycles. The smallest absolute Gasteiger partial charge is 0.344 e. The molecule has 0 spiro atoms. The molecule has 0 saturated heterocycles. The second-order valence-corrected chi connectivity index (χ2v) is 5.76. The highest BCUT2D eigenvalue weighted by Gasteiger charge is 2.11. The highest BCUT2D eigenvalue weighted by molar-refractivity contribution is 5.98. The number of amides is 1. The SMILES string of the molecule is CCOc1ccc(OCC(=O)OCC(=O)c2ccc(NC(=O)CC)cc2)cc1. The Kier molecular flexibility index (Phi) is 8.02. The van der Waals surface area contributed by atoms with Crippen LogP contribution in [-0.2, 0) is 14.3 Å². The summed E-state index contributed by atoms with van der Waals surface area (Å²) in [6.07, 6.45) is 0.370. The van der Waals surface area contributed by atoms with Gasteiger partial charge in [0.05, 0.1) is 6.61 Å². The molecule has 148 valence electrons. The van der Waals surface area contributed by atoms with Crippen LogP contribution in [0.3, 0.4) is 0 Å². The van der Waals surface area contributed by atoms with Crippen molar-refractivity contribution in [1.29, 1.82) is 0 Å². The second kappa shape index (κ2) is 10.7. The summed E-state index contributed by atoms with van der Waals surface area (Å²) < 4.78 is 15.6. The molecule has 7 nitrogen and oxygen atoms in total. The average molecular weight is 385 g/mol. The Balaban J connectivity index is 1.75. The fraction of sp³-hybridized carbons (Fsp3) is 0.286. The maximum atomic E-state index is 12.1. The topological polar surface area (TPSA) is 90.9 Å². The van der Waals surface area contributed by atoms with Gasteiger partial charge >= 0.3 is 5.97 Å². The minimum atomic E-state index is -0.644. The molecule has 1 amide bonds. The monoisotopic (exact) mass is 385 g/mol. The van der Waals surface area contributed by atoms with Crippen molar-refractivity contribution in [2.75, 3.05) is 25.1 Å². The van der Waals surface area contributed by atoms with E-state index in [1.165, 1.54) is 0 Å². The van der Waals surface area contributed by atoms with E-state index in [1.807, 2.05) is 6.92 Å². The Morgan fingerprint density at radius 3 is 2.00 bits per heavy atom. The van der Waals surface area contributed by atoms with E-state index in [9.17, 15) is 14.4 Å². The van der Waals surface area contributed by atoms with E-state index in [0.717, 1.165) is 0 Å². The molecule has 0 aliphatic rings. The molecule has 0 unspecified atom stereocenters. The highest BCUT2D eigenvalue weighted by atomic mass is 16.6. The van der Waals surface area contributed by atoms with Crippen molar-refractivity contribution < 1.29 is 28.6 Å². The zero-order valence-corrected chi connectivity index (χ0v) is 15.9. The molecule has 0 radical (unpaired) electrons. The van der Waals surface area contributed by atoms with Crippen molar-refractivity contribution in [3.63, 3.8) is 0 Å². The molecule has 7 heteroatoms. The van der Waals surface area contributed by atoms with Crippen molar-refractivity contribution in [3.05, 3.63) is 54.1 Å². The maximum Gasteiger partial charge on any atom is 0.344 e. The molecule has 0 atom stereocenters. The van der Waals surface area contributed by atoms with Crippen molar-refractivity contribution in [2.45, 2.75) is 20.3 Å². The summed E-state index contributed by atoms with van der Waals surface area (Å²) in [5, 5.41) is 2.69. The Morgan fingerprint density at radius 2 is 1.43 bits per heavy atom. The summed E-state index contributed by atoms with van der Waals surface area (Å²) >= 11 is 0. The molecule has 0 heterocycles. The van der Waals surface area contributed by atoms with Crippen LogP contribution in [0.1, 0.15) is 30.6 Å². The molecule has 0 bridgehead atoms. The summed E-state index contributed by atoms with van der Waals surface area (Å²) in [4.78, 5) is 35.2. The first kappa shape index (κ1) is 21.0. The lowest BCUT2D eigenvalue weighted by molar-refractivity contribution is -0.144. The standard InChI is InChI=1S/C21H23NO6/c1-3-20(24)22-16-7-5-15(6-8-16)19(23)13-28-21(25)14-27-18-11-9-17(10-12-18)26-4-2/h5-12H,3-4,13-14H2,1-2H3,(H,22,24). The lowest BCUT2D eigenvalue weighted by Crippen LogP contribution is -2.19. The summed E-state index contributed by atoms with van der Waals surface area (Å²) in [7, 11) is 0. The third kappa shape index (κ3) is 6.75. The Labute approximate surface area is 163 Å². The van der Waals surface area contributed by atoms with E-state index in [-0.39, 0.29) is 24.9 Å². The maximum absolute atomic E-state index is 12.1. The predicted octanol–water partition coefficient (Wildman–Crippen LogP) is 3.24. The van der Waals surface area contributed by atoms with Gasteiger partial charge in [-0.3, -0.25) is 9.59 Å². The lowest BCUT2D eigenvalue weighted by atomic mass is 10.1. The number of anilines is 1. The quantitative estimate of drug-likeness (QED) is 0.499. The first-order chi connectivity index (χ1) is 13.5. The summed E-state index contributed by atoms with van der Waals surface area (Å²) in [5.41, 5.74) is 0.985. The molecule has 2 aromatic carbocycles. The number of carbonyl (C=O) groups is 3. The normalized spacial score (nSPS) is 10.1. The molecule has 28 heavy (non-hydrogen) atoms. The molecule has 0 aliphatic carbocycles.